The van der Waals surface area contributed by atoms with Gasteiger partial charge in [0.2, 0.25) is 15.9 Å². The summed E-state index contributed by atoms with van der Waals surface area (Å²) in [5.74, 6) is -3.07. The largest absolute Gasteiger partial charge is 0.462 e. The van der Waals surface area contributed by atoms with Gasteiger partial charge < -0.3 is 10.1 Å². The van der Waals surface area contributed by atoms with Gasteiger partial charge in [-0.05, 0) is 49.7 Å². The molecule has 0 saturated heterocycles. The van der Waals surface area contributed by atoms with Crippen molar-refractivity contribution < 1.29 is 31.5 Å². The quantitative estimate of drug-likeness (QED) is 0.604. The van der Waals surface area contributed by atoms with Crippen LogP contribution in [0.15, 0.2) is 42.5 Å². The highest BCUT2D eigenvalue weighted by Crippen LogP contribution is 2.21. The summed E-state index contributed by atoms with van der Waals surface area (Å²) in [6.07, 6.45) is 1.09. The van der Waals surface area contributed by atoms with Crippen LogP contribution >= 0.6 is 0 Å². The molecule has 0 radical (unpaired) electrons. The van der Waals surface area contributed by atoms with Crippen LogP contribution in [0.25, 0.3) is 0 Å². The first-order chi connectivity index (χ1) is 14.1. The predicted octanol–water partition coefficient (Wildman–Crippen LogP) is 3.33. The third-order valence-electron chi connectivity index (χ3n) is 4.04. The van der Waals surface area contributed by atoms with Gasteiger partial charge in [0, 0.05) is 24.7 Å². The lowest BCUT2D eigenvalue weighted by atomic mass is 10.2. The molecule has 2 aromatic rings. The number of amides is 1. The monoisotopic (exact) mass is 440 g/mol. The summed E-state index contributed by atoms with van der Waals surface area (Å²) in [5.41, 5.74) is 0.796. The molecule has 162 valence electrons. The Morgan fingerprint density at radius 3 is 2.30 bits per heavy atom. The Morgan fingerprint density at radius 2 is 1.73 bits per heavy atom. The molecular formula is C20H22F2N2O5S. The third-order valence-corrected chi connectivity index (χ3v) is 5.23. The number of hydrogen-bond acceptors (Lipinski definition) is 5. The number of benzene rings is 2. The van der Waals surface area contributed by atoms with Crippen LogP contribution < -0.4 is 9.62 Å². The van der Waals surface area contributed by atoms with Crippen LogP contribution in [0.4, 0.5) is 20.2 Å². The summed E-state index contributed by atoms with van der Waals surface area (Å²) in [7, 11) is -3.75. The van der Waals surface area contributed by atoms with E-state index in [0.29, 0.717) is 11.3 Å². The number of anilines is 2. The van der Waals surface area contributed by atoms with Crippen molar-refractivity contribution in [2.24, 2.45) is 0 Å². The molecule has 0 saturated carbocycles. The molecule has 1 amide bonds. The molecule has 0 unspecified atom stereocenters. The lowest BCUT2D eigenvalue weighted by Gasteiger charge is -2.22. The fraction of sp³-hybridized carbons (Fsp3) is 0.300. The van der Waals surface area contributed by atoms with Crippen molar-refractivity contribution in [3.8, 4) is 0 Å². The first-order valence-corrected chi connectivity index (χ1v) is 11.0. The number of carbonyl (C=O) groups excluding carboxylic acids is 2. The van der Waals surface area contributed by atoms with E-state index in [2.05, 4.69) is 5.32 Å². The molecule has 2 aromatic carbocycles. The molecule has 7 nitrogen and oxygen atoms in total. The fourth-order valence-electron chi connectivity index (χ4n) is 2.64. The topological polar surface area (TPSA) is 92.8 Å². The smallest absolute Gasteiger partial charge is 0.338 e. The molecule has 0 heterocycles. The Kier molecular flexibility index (Phi) is 7.87. The second-order valence-corrected chi connectivity index (χ2v) is 8.29. The molecule has 10 heteroatoms. The first kappa shape index (κ1) is 23.3. The van der Waals surface area contributed by atoms with E-state index >= 15 is 0 Å². The molecule has 0 aliphatic carbocycles. The van der Waals surface area contributed by atoms with Crippen molar-refractivity contribution in [1.29, 1.82) is 0 Å². The van der Waals surface area contributed by atoms with E-state index < -0.39 is 27.6 Å². The van der Waals surface area contributed by atoms with Gasteiger partial charge in [-0.1, -0.05) is 0 Å². The van der Waals surface area contributed by atoms with E-state index in [-0.39, 0.29) is 37.6 Å². The minimum absolute atomic E-state index is 0.00464. The van der Waals surface area contributed by atoms with E-state index in [4.69, 9.17) is 4.74 Å². The van der Waals surface area contributed by atoms with Crippen LogP contribution in [-0.4, -0.2) is 39.7 Å². The standard InChI is InChI=1S/C20H22F2N2O5S/c1-3-29-20(26)14-6-8-15(9-7-14)23-19(25)5-4-12-24(30(2,27)28)16-10-11-17(21)18(22)13-16/h6-11,13H,3-5,12H2,1-2H3,(H,23,25). The zero-order valence-corrected chi connectivity index (χ0v) is 17.3. The highest BCUT2D eigenvalue weighted by atomic mass is 32.2. The zero-order valence-electron chi connectivity index (χ0n) is 16.5. The second kappa shape index (κ2) is 10.1. The Bertz CT molecular complexity index is 1010. The number of ether oxygens (including phenoxy) is 1. The SMILES string of the molecule is CCOC(=O)c1ccc(NC(=O)CCCN(c2ccc(F)c(F)c2)S(C)(=O)=O)cc1. The van der Waals surface area contributed by atoms with Gasteiger partial charge in [-0.25, -0.2) is 22.0 Å². The van der Waals surface area contributed by atoms with Crippen molar-refractivity contribution in [3.63, 3.8) is 0 Å². The van der Waals surface area contributed by atoms with E-state index in [9.17, 15) is 26.8 Å². The third kappa shape index (κ3) is 6.51. The number of esters is 1. The molecule has 30 heavy (non-hydrogen) atoms. The zero-order chi connectivity index (χ0) is 22.3. The maximum absolute atomic E-state index is 13.5. The molecule has 0 atom stereocenters. The summed E-state index contributed by atoms with van der Waals surface area (Å²) in [6, 6.07) is 8.92. The summed E-state index contributed by atoms with van der Waals surface area (Å²) in [5, 5.41) is 2.64. The molecule has 0 fully saturated rings. The van der Waals surface area contributed by atoms with Gasteiger partial charge >= 0.3 is 5.97 Å². The predicted molar refractivity (Wildman–Crippen MR) is 109 cm³/mol. The van der Waals surface area contributed by atoms with Crippen molar-refractivity contribution in [3.05, 3.63) is 59.7 Å². The van der Waals surface area contributed by atoms with E-state index in [1.165, 1.54) is 12.1 Å². The Labute approximate surface area is 173 Å². The number of nitrogens with zero attached hydrogens (tertiary/aromatic N) is 1. The molecule has 1 N–H and O–H groups in total. The van der Waals surface area contributed by atoms with Gasteiger partial charge in [0.15, 0.2) is 11.6 Å². The maximum Gasteiger partial charge on any atom is 0.338 e. The number of halogens is 2. The molecule has 0 aliphatic rings. The summed E-state index contributed by atoms with van der Waals surface area (Å²) < 4.78 is 56.4. The van der Waals surface area contributed by atoms with E-state index in [1.807, 2.05) is 0 Å². The van der Waals surface area contributed by atoms with Crippen molar-refractivity contribution in [2.45, 2.75) is 19.8 Å². The highest BCUT2D eigenvalue weighted by Gasteiger charge is 2.19. The molecule has 2 rings (SSSR count). The fourth-order valence-corrected chi connectivity index (χ4v) is 3.59. The van der Waals surface area contributed by atoms with E-state index in [0.717, 1.165) is 28.8 Å². The minimum atomic E-state index is -3.75. The number of nitrogens with one attached hydrogen (secondary N) is 1. The summed E-state index contributed by atoms with van der Waals surface area (Å²) >= 11 is 0. The first-order valence-electron chi connectivity index (χ1n) is 9.11. The number of hydrogen-bond donors (Lipinski definition) is 1. The average Bonchev–Trinajstić information content (AvgIpc) is 2.67. The van der Waals surface area contributed by atoms with Gasteiger partial charge in [0.05, 0.1) is 24.1 Å². The highest BCUT2D eigenvalue weighted by molar-refractivity contribution is 7.92. The Balaban J connectivity index is 1.94. The molecule has 0 spiro atoms. The summed E-state index contributed by atoms with van der Waals surface area (Å²) in [4.78, 5) is 23.7. The van der Waals surface area contributed by atoms with Crippen molar-refractivity contribution in [1.82, 2.24) is 0 Å². The lowest BCUT2D eigenvalue weighted by Crippen LogP contribution is -2.31. The number of carbonyl (C=O) groups is 2. The Hall–Kier alpha value is -3.01. The average molecular weight is 440 g/mol. The molecular weight excluding hydrogens is 418 g/mol. The molecule has 0 aromatic heterocycles. The number of rotatable bonds is 9. The minimum Gasteiger partial charge on any atom is -0.462 e. The van der Waals surface area contributed by atoms with Gasteiger partial charge in [-0.2, -0.15) is 0 Å². The molecule has 0 aliphatic heterocycles. The Morgan fingerprint density at radius 1 is 1.07 bits per heavy atom. The molecule has 0 bridgehead atoms. The van der Waals surface area contributed by atoms with Crippen LogP contribution in [0.1, 0.15) is 30.1 Å². The maximum atomic E-state index is 13.5. The second-order valence-electron chi connectivity index (χ2n) is 6.38. The van der Waals surface area contributed by atoms with Crippen LogP contribution in [0, 0.1) is 11.6 Å². The van der Waals surface area contributed by atoms with Gasteiger partial charge in [-0.3, -0.25) is 9.10 Å². The van der Waals surface area contributed by atoms with Crippen molar-refractivity contribution in [2.75, 3.05) is 29.0 Å². The van der Waals surface area contributed by atoms with Crippen LogP contribution in [0.2, 0.25) is 0 Å². The van der Waals surface area contributed by atoms with E-state index in [1.54, 1.807) is 19.1 Å². The van der Waals surface area contributed by atoms with Crippen LogP contribution in [0.3, 0.4) is 0 Å². The van der Waals surface area contributed by atoms with Gasteiger partial charge in [0.25, 0.3) is 0 Å². The van der Waals surface area contributed by atoms with Crippen LogP contribution in [0.5, 0.6) is 0 Å². The lowest BCUT2D eigenvalue weighted by molar-refractivity contribution is -0.116. The van der Waals surface area contributed by atoms with Crippen LogP contribution in [-0.2, 0) is 19.6 Å². The number of sulfonamides is 1. The summed E-state index contributed by atoms with van der Waals surface area (Å²) in [6.45, 7) is 1.87. The van der Waals surface area contributed by atoms with Crippen molar-refractivity contribution >= 4 is 33.3 Å². The van der Waals surface area contributed by atoms with Gasteiger partial charge in [0.1, 0.15) is 0 Å². The normalized spacial score (nSPS) is 11.1. The van der Waals surface area contributed by atoms with Gasteiger partial charge in [-0.15, -0.1) is 0 Å².